The third-order valence-corrected chi connectivity index (χ3v) is 12.4. The first kappa shape index (κ1) is 35.2. The first-order valence-electron chi connectivity index (χ1n) is 21.2. The van der Waals surface area contributed by atoms with Crippen LogP contribution in [0.2, 0.25) is 0 Å². The van der Waals surface area contributed by atoms with E-state index < -0.39 is 0 Å². The molecule has 9 aromatic carbocycles. The van der Waals surface area contributed by atoms with Crippen molar-refractivity contribution in [3.8, 4) is 56.7 Å². The molecule has 0 aliphatic rings. The van der Waals surface area contributed by atoms with Crippen LogP contribution >= 0.6 is 0 Å². The number of furan rings is 1. The highest BCUT2D eigenvalue weighted by Crippen LogP contribution is 2.42. The van der Waals surface area contributed by atoms with Crippen LogP contribution in [0, 0.1) is 0 Å². The van der Waals surface area contributed by atoms with E-state index in [1.54, 1.807) is 0 Å². The van der Waals surface area contributed by atoms with Gasteiger partial charge in [-0.05, 0) is 64.7 Å². The van der Waals surface area contributed by atoms with Crippen LogP contribution in [0.25, 0.3) is 122 Å². The summed E-state index contributed by atoms with van der Waals surface area (Å²) in [6, 6.07) is 74.6. The Kier molecular flexibility index (Phi) is 7.80. The van der Waals surface area contributed by atoms with Crippen LogP contribution in [0.3, 0.4) is 0 Å². The summed E-state index contributed by atoms with van der Waals surface area (Å²) in [6.07, 6.45) is 0. The molecule has 0 atom stereocenters. The number of rotatable bonds is 6. The minimum absolute atomic E-state index is 0.534. The molecule has 6 heteroatoms. The summed E-state index contributed by atoms with van der Waals surface area (Å²) >= 11 is 0. The highest BCUT2D eigenvalue weighted by Gasteiger charge is 2.24. The van der Waals surface area contributed by atoms with Crippen molar-refractivity contribution in [3.63, 3.8) is 0 Å². The second-order valence-corrected chi connectivity index (χ2v) is 16.0. The van der Waals surface area contributed by atoms with Gasteiger partial charge in [0.25, 0.3) is 0 Å². The Hall–Kier alpha value is -8.61. The Morgan fingerprint density at radius 3 is 1.51 bits per heavy atom. The van der Waals surface area contributed by atoms with Crippen molar-refractivity contribution in [1.29, 1.82) is 0 Å². The molecule has 0 spiro atoms. The maximum atomic E-state index is 6.36. The molecule has 4 aromatic heterocycles. The van der Waals surface area contributed by atoms with E-state index in [9.17, 15) is 0 Å². The molecule has 0 radical (unpaired) electrons. The Balaban J connectivity index is 1.07. The van der Waals surface area contributed by atoms with Crippen LogP contribution < -0.4 is 0 Å². The molecule has 63 heavy (non-hydrogen) atoms. The van der Waals surface area contributed by atoms with Crippen LogP contribution in [-0.2, 0) is 0 Å². The maximum absolute atomic E-state index is 6.36. The van der Waals surface area contributed by atoms with E-state index in [2.05, 4.69) is 179 Å². The fourth-order valence-electron chi connectivity index (χ4n) is 9.46. The lowest BCUT2D eigenvalue weighted by Gasteiger charge is -2.14. The smallest absolute Gasteiger partial charge is 0.238 e. The second kappa shape index (κ2) is 14.0. The Morgan fingerprint density at radius 1 is 0.302 bits per heavy atom. The topological polar surface area (TPSA) is 61.7 Å². The number of para-hydroxylation sites is 3. The number of hydrogen-bond donors (Lipinski definition) is 0. The standard InChI is InChI=1S/C57H35N5O/c1-3-14-36(15-4-1)37-26-28-38(29-27-37)40-18-13-19-42(34-40)61-49-23-10-7-20-43(49)47-32-33-48-44-21-8-11-24-50(44)62(54(48)53(47)61)57-59-55(39-16-5-2-6-17-39)58-56(60-57)41-30-31-46-45-22-9-12-25-51(45)63-52(46)35-41/h1-35H. The lowest BCUT2D eigenvalue weighted by atomic mass is 10.00. The van der Waals surface area contributed by atoms with Crippen molar-refractivity contribution in [2.24, 2.45) is 0 Å². The molecule has 0 saturated heterocycles. The molecule has 4 heterocycles. The summed E-state index contributed by atoms with van der Waals surface area (Å²) in [5, 5.41) is 6.68. The van der Waals surface area contributed by atoms with Crippen molar-refractivity contribution in [2.45, 2.75) is 0 Å². The van der Waals surface area contributed by atoms with E-state index in [4.69, 9.17) is 19.4 Å². The van der Waals surface area contributed by atoms with E-state index in [1.807, 2.05) is 42.5 Å². The third-order valence-electron chi connectivity index (χ3n) is 12.4. The van der Waals surface area contributed by atoms with E-state index in [0.717, 1.165) is 88.1 Å². The summed E-state index contributed by atoms with van der Waals surface area (Å²) < 4.78 is 11.0. The molecule has 13 aromatic rings. The molecular weight excluding hydrogens is 771 g/mol. The summed E-state index contributed by atoms with van der Waals surface area (Å²) in [5.74, 6) is 1.68. The highest BCUT2D eigenvalue weighted by molar-refractivity contribution is 6.23. The summed E-state index contributed by atoms with van der Waals surface area (Å²) in [4.78, 5) is 15.8. The Bertz CT molecular complexity index is 3900. The molecule has 0 saturated carbocycles. The summed E-state index contributed by atoms with van der Waals surface area (Å²) in [5.41, 5.74) is 13.4. The molecule has 0 fully saturated rings. The van der Waals surface area contributed by atoms with Crippen molar-refractivity contribution in [3.05, 3.63) is 212 Å². The van der Waals surface area contributed by atoms with Gasteiger partial charge >= 0.3 is 0 Å². The van der Waals surface area contributed by atoms with Crippen molar-refractivity contribution in [2.75, 3.05) is 0 Å². The van der Waals surface area contributed by atoms with E-state index >= 15 is 0 Å². The Labute approximate surface area is 361 Å². The Morgan fingerprint density at radius 2 is 0.794 bits per heavy atom. The van der Waals surface area contributed by atoms with Gasteiger partial charge in [0.1, 0.15) is 11.2 Å². The molecular formula is C57H35N5O. The van der Waals surface area contributed by atoms with Crippen molar-refractivity contribution >= 4 is 65.6 Å². The molecule has 0 N–H and O–H groups in total. The van der Waals surface area contributed by atoms with E-state index in [-0.39, 0.29) is 0 Å². The van der Waals surface area contributed by atoms with Crippen LogP contribution in [0.5, 0.6) is 0 Å². The van der Waals surface area contributed by atoms with Gasteiger partial charge in [0, 0.05) is 49.1 Å². The van der Waals surface area contributed by atoms with Crippen molar-refractivity contribution < 1.29 is 4.42 Å². The predicted octanol–water partition coefficient (Wildman–Crippen LogP) is 14.6. The minimum Gasteiger partial charge on any atom is -0.456 e. The monoisotopic (exact) mass is 805 g/mol. The number of fused-ring (bicyclic) bond motifs is 10. The number of aromatic nitrogens is 5. The van der Waals surface area contributed by atoms with Gasteiger partial charge in [-0.1, -0.05) is 170 Å². The van der Waals surface area contributed by atoms with Crippen LogP contribution in [-0.4, -0.2) is 24.1 Å². The van der Waals surface area contributed by atoms with Gasteiger partial charge in [-0.2, -0.15) is 9.97 Å². The van der Waals surface area contributed by atoms with Gasteiger partial charge in [0.2, 0.25) is 5.95 Å². The highest BCUT2D eigenvalue weighted by atomic mass is 16.3. The minimum atomic E-state index is 0.534. The third kappa shape index (κ3) is 5.62. The van der Waals surface area contributed by atoms with Crippen molar-refractivity contribution in [1.82, 2.24) is 24.1 Å². The zero-order valence-corrected chi connectivity index (χ0v) is 33.9. The quantitative estimate of drug-likeness (QED) is 0.168. The second-order valence-electron chi connectivity index (χ2n) is 16.0. The lowest BCUT2D eigenvalue weighted by molar-refractivity contribution is 0.669. The molecule has 0 unspecified atom stereocenters. The molecule has 0 aliphatic heterocycles. The first-order valence-corrected chi connectivity index (χ1v) is 21.2. The number of hydrogen-bond acceptors (Lipinski definition) is 4. The normalized spacial score (nSPS) is 11.8. The van der Waals surface area contributed by atoms with Gasteiger partial charge in [-0.25, -0.2) is 4.98 Å². The molecule has 6 nitrogen and oxygen atoms in total. The van der Waals surface area contributed by atoms with Gasteiger partial charge in [0.05, 0.1) is 22.1 Å². The SMILES string of the molecule is c1ccc(-c2ccc(-c3cccc(-n4c5ccccc5c5ccc6c7ccccc7n(-c7nc(-c8ccccc8)nc(-c8ccc9c(c8)oc8ccccc89)n7)c6c54)c3)cc2)cc1. The largest absolute Gasteiger partial charge is 0.456 e. The molecule has 13 rings (SSSR count). The molecule has 0 amide bonds. The van der Waals surface area contributed by atoms with Gasteiger partial charge in [0.15, 0.2) is 11.6 Å². The molecule has 294 valence electrons. The van der Waals surface area contributed by atoms with Crippen LogP contribution in [0.1, 0.15) is 0 Å². The fourth-order valence-corrected chi connectivity index (χ4v) is 9.46. The van der Waals surface area contributed by atoms with E-state index in [1.165, 1.54) is 16.5 Å². The molecule has 0 aliphatic carbocycles. The summed E-state index contributed by atoms with van der Waals surface area (Å²) in [7, 11) is 0. The van der Waals surface area contributed by atoms with Gasteiger partial charge < -0.3 is 8.98 Å². The zero-order chi connectivity index (χ0) is 41.4. The molecule has 0 bridgehead atoms. The van der Waals surface area contributed by atoms with Gasteiger partial charge in [-0.15, -0.1) is 0 Å². The lowest BCUT2D eigenvalue weighted by Crippen LogP contribution is -2.07. The van der Waals surface area contributed by atoms with E-state index in [0.29, 0.717) is 17.6 Å². The average Bonchev–Trinajstić information content (AvgIpc) is 4.02. The van der Waals surface area contributed by atoms with Crippen LogP contribution in [0.4, 0.5) is 0 Å². The fraction of sp³-hybridized carbons (Fsp3) is 0. The maximum Gasteiger partial charge on any atom is 0.238 e. The first-order chi connectivity index (χ1) is 31.2. The summed E-state index contributed by atoms with van der Waals surface area (Å²) in [6.45, 7) is 0. The predicted molar refractivity (Wildman–Crippen MR) is 258 cm³/mol. The number of nitrogens with zero attached hydrogens (tertiary/aromatic N) is 5. The number of benzene rings is 9. The zero-order valence-electron chi connectivity index (χ0n) is 33.9. The van der Waals surface area contributed by atoms with Crippen LogP contribution in [0.15, 0.2) is 217 Å². The van der Waals surface area contributed by atoms with Gasteiger partial charge in [-0.3, -0.25) is 4.57 Å². The average molecular weight is 806 g/mol.